The van der Waals surface area contributed by atoms with Crippen molar-refractivity contribution in [3.05, 3.63) is 0 Å². The highest BCUT2D eigenvalue weighted by atomic mass is 16.4. The normalized spacial score (nSPS) is 11.7. The van der Waals surface area contributed by atoms with Crippen LogP contribution in [-0.2, 0) is 14.4 Å². The van der Waals surface area contributed by atoms with Gasteiger partial charge in [-0.1, -0.05) is 0 Å². The molecular weight excluding hydrogens is 164 g/mol. The van der Waals surface area contributed by atoms with Gasteiger partial charge in [0.1, 0.15) is 6.04 Å². The molecule has 1 atom stereocenters. The minimum Gasteiger partial charge on any atom is -0.550 e. The fraction of sp³-hybridized carbons (Fsp3) is 0.500. The van der Waals surface area contributed by atoms with Crippen LogP contribution in [0.3, 0.4) is 0 Å². The van der Waals surface area contributed by atoms with Gasteiger partial charge in [-0.05, 0) is 12.8 Å². The van der Waals surface area contributed by atoms with E-state index >= 15 is 0 Å². The first-order valence-electron chi connectivity index (χ1n) is 3.26. The van der Waals surface area contributed by atoms with Gasteiger partial charge in [0.25, 0.3) is 0 Å². The Labute approximate surface area is 68.7 Å². The van der Waals surface area contributed by atoms with E-state index in [1.54, 1.807) is 0 Å². The maximum absolute atomic E-state index is 10.5. The number of hydrogen-bond donors (Lipinski definition) is 2. The van der Waals surface area contributed by atoms with Gasteiger partial charge >= 0.3 is 0 Å². The number of primary amides is 1. The van der Waals surface area contributed by atoms with Crippen molar-refractivity contribution in [3.8, 4) is 0 Å². The van der Waals surface area contributed by atoms with E-state index in [1.165, 1.54) is 0 Å². The molecule has 0 saturated carbocycles. The Hall–Kier alpha value is -1.59. The monoisotopic (exact) mass is 173 g/mol. The lowest BCUT2D eigenvalue weighted by atomic mass is 10.1. The van der Waals surface area contributed by atoms with E-state index in [0.717, 1.165) is 0 Å². The van der Waals surface area contributed by atoms with Gasteiger partial charge in [-0.15, -0.1) is 0 Å². The largest absolute Gasteiger partial charge is 0.550 e. The summed E-state index contributed by atoms with van der Waals surface area (Å²) in [6.07, 6.45) is -0.0600. The molecule has 0 fully saturated rings. The quantitative estimate of drug-likeness (QED) is 0.420. The van der Waals surface area contributed by atoms with Crippen LogP contribution in [0.4, 0.5) is 0 Å². The lowest BCUT2D eigenvalue weighted by Crippen LogP contribution is -2.41. The van der Waals surface area contributed by atoms with Gasteiger partial charge in [0.2, 0.25) is 12.3 Å². The minimum atomic E-state index is -1.28. The van der Waals surface area contributed by atoms with Crippen molar-refractivity contribution >= 4 is 18.3 Å². The van der Waals surface area contributed by atoms with Crippen LogP contribution in [0.1, 0.15) is 12.8 Å². The summed E-state index contributed by atoms with van der Waals surface area (Å²) in [6, 6.07) is -0.930. The van der Waals surface area contributed by atoms with Crippen LogP contribution in [0.2, 0.25) is 0 Å². The molecule has 0 rings (SSSR count). The average Bonchev–Trinajstić information content (AvgIpc) is 1.96. The SMILES string of the molecule is NC(=O)[C@H](CCC(=O)[O-])NC=O. The third-order valence-electron chi connectivity index (χ3n) is 1.25. The molecule has 0 aromatic heterocycles. The zero-order valence-corrected chi connectivity index (χ0v) is 6.28. The number of carboxylic acids is 1. The van der Waals surface area contributed by atoms with Crippen LogP contribution in [0.25, 0.3) is 0 Å². The van der Waals surface area contributed by atoms with Gasteiger partial charge in [-0.2, -0.15) is 0 Å². The van der Waals surface area contributed by atoms with E-state index in [2.05, 4.69) is 5.32 Å². The second-order valence-corrected chi connectivity index (χ2v) is 2.15. The van der Waals surface area contributed by atoms with E-state index in [0.29, 0.717) is 6.41 Å². The van der Waals surface area contributed by atoms with E-state index < -0.39 is 17.9 Å². The zero-order valence-electron chi connectivity index (χ0n) is 6.28. The van der Waals surface area contributed by atoms with Gasteiger partial charge in [0.15, 0.2) is 0 Å². The summed E-state index contributed by atoms with van der Waals surface area (Å²) in [5.41, 5.74) is 4.84. The molecule has 0 aliphatic rings. The molecule has 6 nitrogen and oxygen atoms in total. The molecular formula is C6H9N2O4-. The molecule has 0 bridgehead atoms. The maximum Gasteiger partial charge on any atom is 0.240 e. The molecule has 0 aromatic rings. The van der Waals surface area contributed by atoms with E-state index in [1.807, 2.05) is 0 Å². The Morgan fingerprint density at radius 3 is 2.50 bits per heavy atom. The average molecular weight is 173 g/mol. The number of aliphatic carboxylic acids is 1. The Morgan fingerprint density at radius 1 is 1.58 bits per heavy atom. The molecule has 12 heavy (non-hydrogen) atoms. The van der Waals surface area contributed by atoms with Crippen LogP contribution in [0.15, 0.2) is 0 Å². The minimum absolute atomic E-state index is 0.0452. The molecule has 0 aliphatic heterocycles. The summed E-state index contributed by atoms with van der Waals surface area (Å²) in [5, 5.41) is 12.0. The third kappa shape index (κ3) is 4.26. The summed E-state index contributed by atoms with van der Waals surface area (Å²) in [4.78, 5) is 30.3. The van der Waals surface area contributed by atoms with E-state index in [9.17, 15) is 19.5 Å². The lowest BCUT2D eigenvalue weighted by molar-refractivity contribution is -0.305. The molecule has 68 valence electrons. The van der Waals surface area contributed by atoms with Crippen molar-refractivity contribution in [2.24, 2.45) is 5.73 Å². The molecule has 0 unspecified atom stereocenters. The molecule has 3 N–H and O–H groups in total. The number of carbonyl (C=O) groups is 3. The number of nitrogens with two attached hydrogens (primary N) is 1. The molecule has 6 heteroatoms. The van der Waals surface area contributed by atoms with Crippen molar-refractivity contribution in [2.45, 2.75) is 18.9 Å². The molecule has 0 heterocycles. The highest BCUT2D eigenvalue weighted by Crippen LogP contribution is 1.94. The predicted molar refractivity (Wildman–Crippen MR) is 36.4 cm³/mol. The topological polar surface area (TPSA) is 112 Å². The lowest BCUT2D eigenvalue weighted by Gasteiger charge is -2.11. The van der Waals surface area contributed by atoms with Crippen molar-refractivity contribution < 1.29 is 19.5 Å². The number of rotatable bonds is 6. The van der Waals surface area contributed by atoms with Crippen LogP contribution < -0.4 is 16.2 Å². The van der Waals surface area contributed by atoms with Gasteiger partial charge in [0, 0.05) is 5.97 Å². The van der Waals surface area contributed by atoms with Crippen LogP contribution in [0.5, 0.6) is 0 Å². The van der Waals surface area contributed by atoms with Crippen LogP contribution in [-0.4, -0.2) is 24.3 Å². The first kappa shape index (κ1) is 10.4. The summed E-state index contributed by atoms with van der Waals surface area (Å²) < 4.78 is 0. The second-order valence-electron chi connectivity index (χ2n) is 2.15. The summed E-state index contributed by atoms with van der Waals surface area (Å²) >= 11 is 0. The number of nitrogens with one attached hydrogen (secondary N) is 1. The highest BCUT2D eigenvalue weighted by molar-refractivity contribution is 5.82. The first-order chi connectivity index (χ1) is 5.57. The van der Waals surface area contributed by atoms with Gasteiger partial charge in [0.05, 0.1) is 0 Å². The highest BCUT2D eigenvalue weighted by Gasteiger charge is 2.12. The first-order valence-corrected chi connectivity index (χ1v) is 3.26. The van der Waals surface area contributed by atoms with Crippen molar-refractivity contribution in [1.82, 2.24) is 5.32 Å². The van der Waals surface area contributed by atoms with Crippen molar-refractivity contribution in [2.75, 3.05) is 0 Å². The fourth-order valence-corrected chi connectivity index (χ4v) is 0.652. The smallest absolute Gasteiger partial charge is 0.240 e. The van der Waals surface area contributed by atoms with E-state index in [4.69, 9.17) is 5.73 Å². The standard InChI is InChI=1S/C6H10N2O4/c7-6(12)4(8-3-9)1-2-5(10)11/h3-4H,1-2H2,(H2,7,12)(H,8,9)(H,10,11)/p-1/t4-/m0/s1. The van der Waals surface area contributed by atoms with Gasteiger partial charge < -0.3 is 21.0 Å². The molecule has 0 aromatic carbocycles. The molecule has 0 spiro atoms. The number of amides is 2. The maximum atomic E-state index is 10.5. The molecule has 0 aliphatic carbocycles. The Kier molecular flexibility index (Phi) is 4.43. The van der Waals surface area contributed by atoms with Crippen molar-refractivity contribution in [1.29, 1.82) is 0 Å². The van der Waals surface area contributed by atoms with Crippen molar-refractivity contribution in [3.63, 3.8) is 0 Å². The Balaban J connectivity index is 3.86. The van der Waals surface area contributed by atoms with Crippen LogP contribution in [0, 0.1) is 0 Å². The molecule has 0 radical (unpaired) electrons. The predicted octanol–water partition coefficient (Wildman–Crippen LogP) is -2.88. The number of hydrogen-bond acceptors (Lipinski definition) is 4. The zero-order chi connectivity index (χ0) is 9.56. The molecule has 0 saturated heterocycles. The number of carboxylic acid groups (broad SMARTS) is 1. The summed E-state index contributed by atoms with van der Waals surface area (Å²) in [5.74, 6) is -2.04. The van der Waals surface area contributed by atoms with Crippen LogP contribution >= 0.6 is 0 Å². The fourth-order valence-electron chi connectivity index (χ4n) is 0.652. The third-order valence-corrected chi connectivity index (χ3v) is 1.25. The second kappa shape index (κ2) is 5.11. The molecule has 2 amide bonds. The van der Waals surface area contributed by atoms with E-state index in [-0.39, 0.29) is 12.8 Å². The Bertz CT molecular complexity index is 192. The Morgan fingerprint density at radius 2 is 2.17 bits per heavy atom. The summed E-state index contributed by atoms with van der Waals surface area (Å²) in [6.45, 7) is 0. The summed E-state index contributed by atoms with van der Waals surface area (Å²) in [7, 11) is 0. The number of carbonyl (C=O) groups excluding carboxylic acids is 3. The van der Waals surface area contributed by atoms with Gasteiger partial charge in [-0.3, -0.25) is 9.59 Å². The van der Waals surface area contributed by atoms with Gasteiger partial charge in [-0.25, -0.2) is 0 Å².